The van der Waals surface area contributed by atoms with Crippen LogP contribution in [0.5, 0.6) is 0 Å². The molecule has 0 bridgehead atoms. The summed E-state index contributed by atoms with van der Waals surface area (Å²) < 4.78 is 41.0. The first-order valence-corrected chi connectivity index (χ1v) is 13.3. The lowest BCUT2D eigenvalue weighted by atomic mass is 10.0. The minimum Gasteiger partial charge on any atom is -0.356 e. The number of aryl methyl sites for hydroxylation is 1. The molecular weight excluding hydrogens is 525 g/mol. The minimum absolute atomic E-state index is 0.307. The van der Waals surface area contributed by atoms with Crippen LogP contribution in [-0.4, -0.2) is 53.2 Å². The average Bonchev–Trinajstić information content (AvgIpc) is 2.92. The van der Waals surface area contributed by atoms with Crippen molar-refractivity contribution in [2.75, 3.05) is 43.9 Å². The Bertz CT molecular complexity index is 1380. The van der Waals surface area contributed by atoms with E-state index < -0.39 is 11.7 Å². The molecule has 2 aromatic carbocycles. The molecule has 0 aliphatic carbocycles. The molecule has 0 unspecified atom stereocenters. The second-order valence-corrected chi connectivity index (χ2v) is 10.0. The Morgan fingerprint density at radius 3 is 2.20 bits per heavy atom. The van der Waals surface area contributed by atoms with Crippen LogP contribution in [0, 0.1) is 18.8 Å². The van der Waals surface area contributed by atoms with Crippen molar-refractivity contribution in [2.45, 2.75) is 33.5 Å². The summed E-state index contributed by atoms with van der Waals surface area (Å²) in [5.74, 6) is 6.26. The van der Waals surface area contributed by atoms with Crippen molar-refractivity contribution in [3.05, 3.63) is 101 Å². The molecule has 1 aliphatic rings. The summed E-state index contributed by atoms with van der Waals surface area (Å²) in [7, 11) is 2.03. The SMILES string of the molecule is C=C(C)Nc1ccc(C#CC)nn1.C=C(Nc1ccc(CN2CCN(C)CC2)c(C(F)(F)F)c1)c1ccc(C)cc1. The predicted octanol–water partition coefficient (Wildman–Crippen LogP) is 6.64. The lowest BCUT2D eigenvalue weighted by Crippen LogP contribution is -2.44. The fourth-order valence-corrected chi connectivity index (χ4v) is 4.12. The number of aromatic nitrogens is 2. The van der Waals surface area contributed by atoms with Gasteiger partial charge in [-0.3, -0.25) is 4.90 Å². The van der Waals surface area contributed by atoms with Gasteiger partial charge < -0.3 is 15.5 Å². The molecule has 2 N–H and O–H groups in total. The van der Waals surface area contributed by atoms with E-state index in [0.717, 1.165) is 43.0 Å². The molecule has 4 rings (SSSR count). The zero-order valence-corrected chi connectivity index (χ0v) is 24.1. The standard InChI is InChI=1S/C22H26F3N3.C10H11N3/c1-16-4-6-18(7-5-16)17(2)26-20-9-8-19(21(14-20)22(23,24)25)15-28-12-10-27(3)11-13-28;1-4-5-9-6-7-10(13-12-9)11-8(2)3/h4-9,14,26H,2,10-13,15H2,1,3H3;6-7H,2H2,1,3H3,(H,11,13). The Hall–Kier alpha value is -4.13. The molecule has 0 saturated carbocycles. The first-order chi connectivity index (χ1) is 19.4. The number of alkyl halides is 3. The smallest absolute Gasteiger partial charge is 0.356 e. The fourth-order valence-electron chi connectivity index (χ4n) is 4.12. The van der Waals surface area contributed by atoms with Gasteiger partial charge in [-0.1, -0.05) is 55.0 Å². The van der Waals surface area contributed by atoms with Crippen molar-refractivity contribution in [2.24, 2.45) is 0 Å². The number of hydrogen-bond acceptors (Lipinski definition) is 6. The normalized spacial score (nSPS) is 13.7. The van der Waals surface area contributed by atoms with Crippen LogP contribution in [0.15, 0.2) is 73.5 Å². The summed E-state index contributed by atoms with van der Waals surface area (Å²) in [6.45, 7) is 16.9. The average molecular weight is 563 g/mol. The van der Waals surface area contributed by atoms with Gasteiger partial charge >= 0.3 is 6.18 Å². The van der Waals surface area contributed by atoms with Gasteiger partial charge in [0.25, 0.3) is 0 Å². The lowest BCUT2D eigenvalue weighted by molar-refractivity contribution is -0.138. The second kappa shape index (κ2) is 14.5. The number of likely N-dealkylation sites (N-methyl/N-ethyl adjacent to an activating group) is 1. The number of allylic oxidation sites excluding steroid dienone is 1. The number of benzene rings is 2. The van der Waals surface area contributed by atoms with Crippen LogP contribution in [0.2, 0.25) is 0 Å². The van der Waals surface area contributed by atoms with Crippen molar-refractivity contribution in [3.8, 4) is 11.8 Å². The fraction of sp³-hybridized carbons (Fsp3) is 0.312. The van der Waals surface area contributed by atoms with Crippen LogP contribution in [0.4, 0.5) is 24.7 Å². The maximum absolute atomic E-state index is 13.7. The highest BCUT2D eigenvalue weighted by molar-refractivity contribution is 5.75. The van der Waals surface area contributed by atoms with Gasteiger partial charge in [0, 0.05) is 49.8 Å². The largest absolute Gasteiger partial charge is 0.416 e. The molecule has 1 aliphatic heterocycles. The number of rotatable bonds is 7. The molecule has 0 atom stereocenters. The van der Waals surface area contributed by atoms with Crippen molar-refractivity contribution < 1.29 is 13.2 Å². The third-order valence-corrected chi connectivity index (χ3v) is 6.36. The van der Waals surface area contributed by atoms with Gasteiger partial charge in [-0.25, -0.2) is 0 Å². The Kier molecular flexibility index (Phi) is 11.1. The molecule has 216 valence electrons. The maximum atomic E-state index is 13.7. The van der Waals surface area contributed by atoms with E-state index in [9.17, 15) is 13.2 Å². The molecule has 0 amide bonds. The van der Waals surface area contributed by atoms with Gasteiger partial charge in [0.1, 0.15) is 5.69 Å². The third-order valence-electron chi connectivity index (χ3n) is 6.36. The number of nitrogens with one attached hydrogen (secondary N) is 2. The quantitative estimate of drug-likeness (QED) is 0.315. The summed E-state index contributed by atoms with van der Waals surface area (Å²) in [5.41, 5.74) is 4.15. The van der Waals surface area contributed by atoms with E-state index in [1.807, 2.05) is 57.3 Å². The third kappa shape index (κ3) is 10.1. The van der Waals surface area contributed by atoms with E-state index in [-0.39, 0.29) is 0 Å². The molecule has 1 saturated heterocycles. The minimum atomic E-state index is -4.40. The van der Waals surface area contributed by atoms with Crippen LogP contribution >= 0.6 is 0 Å². The molecule has 41 heavy (non-hydrogen) atoms. The number of anilines is 2. The first-order valence-electron chi connectivity index (χ1n) is 13.3. The maximum Gasteiger partial charge on any atom is 0.416 e. The number of halogens is 3. The van der Waals surface area contributed by atoms with E-state index >= 15 is 0 Å². The Morgan fingerprint density at radius 2 is 1.63 bits per heavy atom. The van der Waals surface area contributed by atoms with Crippen LogP contribution in [-0.2, 0) is 12.7 Å². The summed E-state index contributed by atoms with van der Waals surface area (Å²) in [5, 5.41) is 13.8. The van der Waals surface area contributed by atoms with Gasteiger partial charge in [0.05, 0.1) is 5.56 Å². The number of hydrogen-bond donors (Lipinski definition) is 2. The molecule has 1 aromatic heterocycles. The predicted molar refractivity (Wildman–Crippen MR) is 161 cm³/mol. The Morgan fingerprint density at radius 1 is 0.951 bits per heavy atom. The molecule has 6 nitrogen and oxygen atoms in total. The van der Waals surface area contributed by atoms with Crippen molar-refractivity contribution in [1.82, 2.24) is 20.0 Å². The zero-order valence-electron chi connectivity index (χ0n) is 24.1. The van der Waals surface area contributed by atoms with E-state index in [2.05, 4.69) is 55.6 Å². The van der Waals surface area contributed by atoms with Crippen molar-refractivity contribution in [3.63, 3.8) is 0 Å². The topological polar surface area (TPSA) is 56.3 Å². The van der Waals surface area contributed by atoms with Gasteiger partial charge in [-0.15, -0.1) is 10.2 Å². The highest BCUT2D eigenvalue weighted by Gasteiger charge is 2.34. The van der Waals surface area contributed by atoms with Crippen LogP contribution in [0.25, 0.3) is 5.70 Å². The van der Waals surface area contributed by atoms with Crippen LogP contribution in [0.1, 0.15) is 41.8 Å². The zero-order chi connectivity index (χ0) is 30.0. The monoisotopic (exact) mass is 562 g/mol. The van der Waals surface area contributed by atoms with E-state index in [1.54, 1.807) is 19.1 Å². The van der Waals surface area contributed by atoms with Crippen LogP contribution < -0.4 is 10.6 Å². The van der Waals surface area contributed by atoms with Gasteiger partial charge in [0.15, 0.2) is 5.82 Å². The van der Waals surface area contributed by atoms with Crippen molar-refractivity contribution in [1.29, 1.82) is 0 Å². The van der Waals surface area contributed by atoms with Crippen LogP contribution in [0.3, 0.4) is 0 Å². The van der Waals surface area contributed by atoms with Gasteiger partial charge in [0.2, 0.25) is 0 Å². The van der Waals surface area contributed by atoms with Crippen molar-refractivity contribution >= 4 is 17.2 Å². The van der Waals surface area contributed by atoms with E-state index in [1.165, 1.54) is 6.07 Å². The Balaban J connectivity index is 0.000000298. The molecular formula is C32H37F3N6. The highest BCUT2D eigenvalue weighted by atomic mass is 19.4. The molecule has 2 heterocycles. The number of piperazine rings is 1. The molecule has 0 spiro atoms. The van der Waals surface area contributed by atoms with Gasteiger partial charge in [-0.2, -0.15) is 13.2 Å². The van der Waals surface area contributed by atoms with E-state index in [0.29, 0.717) is 35.0 Å². The molecule has 1 fully saturated rings. The summed E-state index contributed by atoms with van der Waals surface area (Å²) in [6, 6.07) is 15.8. The molecule has 9 heteroatoms. The second-order valence-electron chi connectivity index (χ2n) is 10.0. The number of nitrogens with zero attached hydrogens (tertiary/aromatic N) is 4. The molecule has 0 radical (unpaired) electrons. The Labute approximate surface area is 241 Å². The van der Waals surface area contributed by atoms with E-state index in [4.69, 9.17) is 0 Å². The summed E-state index contributed by atoms with van der Waals surface area (Å²) >= 11 is 0. The lowest BCUT2D eigenvalue weighted by Gasteiger charge is -2.33. The van der Waals surface area contributed by atoms with Gasteiger partial charge in [-0.05, 0) is 69.1 Å². The summed E-state index contributed by atoms with van der Waals surface area (Å²) in [4.78, 5) is 4.26. The molecule has 3 aromatic rings. The summed E-state index contributed by atoms with van der Waals surface area (Å²) in [6.07, 6.45) is -4.40. The first kappa shape index (κ1) is 31.4. The highest BCUT2D eigenvalue weighted by Crippen LogP contribution is 2.35.